The Labute approximate surface area is 225 Å². The number of hydrogen-bond acceptors (Lipinski definition) is 5. The average molecular weight is 521 g/mol. The van der Waals surface area contributed by atoms with Crippen molar-refractivity contribution in [2.45, 2.75) is 47.1 Å². The number of carbonyl (C=O) groups is 1. The van der Waals surface area contributed by atoms with Crippen LogP contribution in [0.1, 0.15) is 58.0 Å². The maximum atomic E-state index is 13.1. The van der Waals surface area contributed by atoms with Gasteiger partial charge in [-0.2, -0.15) is 0 Å². The fourth-order valence-corrected chi connectivity index (χ4v) is 5.05. The van der Waals surface area contributed by atoms with Gasteiger partial charge in [0.05, 0.1) is 22.9 Å². The largest absolute Gasteiger partial charge is 0.378 e. The van der Waals surface area contributed by atoms with E-state index in [1.165, 1.54) is 16.7 Å². The first-order valence-electron chi connectivity index (χ1n) is 13.0. The number of amides is 1. The second-order valence-electron chi connectivity index (χ2n) is 10.3. The first-order chi connectivity index (χ1) is 17.8. The zero-order chi connectivity index (χ0) is 26.5. The summed E-state index contributed by atoms with van der Waals surface area (Å²) in [5, 5.41) is 0.490. The second-order valence-corrected chi connectivity index (χ2v) is 10.7. The molecular formula is C30H37ClN4O2. The summed E-state index contributed by atoms with van der Waals surface area (Å²) in [6, 6.07) is 13.8. The van der Waals surface area contributed by atoms with Gasteiger partial charge in [0, 0.05) is 51.7 Å². The molecule has 1 fully saturated rings. The molecule has 1 aliphatic rings. The molecule has 0 saturated carbocycles. The number of halogens is 1. The normalized spacial score (nSPS) is 13.9. The summed E-state index contributed by atoms with van der Waals surface area (Å²) in [7, 11) is 1.71. The lowest BCUT2D eigenvalue weighted by Gasteiger charge is -2.37. The van der Waals surface area contributed by atoms with Gasteiger partial charge in [-0.15, -0.1) is 0 Å². The molecule has 7 heteroatoms. The maximum absolute atomic E-state index is 13.1. The Bertz CT molecular complexity index is 1250. The number of ether oxygens (including phenoxy) is 1. The molecule has 0 unspecified atom stereocenters. The summed E-state index contributed by atoms with van der Waals surface area (Å²) >= 11 is 6.30. The number of hydrogen-bond donors (Lipinski definition) is 0. The smallest absolute Gasteiger partial charge is 0.255 e. The summed E-state index contributed by atoms with van der Waals surface area (Å²) in [4.78, 5) is 27.4. The van der Waals surface area contributed by atoms with Crippen LogP contribution in [0.4, 0.5) is 5.82 Å². The van der Waals surface area contributed by atoms with E-state index in [4.69, 9.17) is 26.3 Å². The minimum Gasteiger partial charge on any atom is -0.378 e. The molecule has 0 aliphatic carbocycles. The average Bonchev–Trinajstić information content (AvgIpc) is 2.87. The fraction of sp³-hybridized carbons (Fsp3) is 0.433. The maximum Gasteiger partial charge on any atom is 0.255 e. The van der Waals surface area contributed by atoms with Crippen LogP contribution in [0, 0.1) is 19.8 Å². The molecule has 0 radical (unpaired) electrons. The Morgan fingerprint density at radius 3 is 2.46 bits per heavy atom. The number of aromatic nitrogens is 2. The van der Waals surface area contributed by atoms with E-state index in [0.717, 1.165) is 35.7 Å². The van der Waals surface area contributed by atoms with Crippen LogP contribution in [0.15, 0.2) is 42.5 Å². The van der Waals surface area contributed by atoms with E-state index in [2.05, 4.69) is 50.8 Å². The van der Waals surface area contributed by atoms with Crippen molar-refractivity contribution in [3.63, 3.8) is 0 Å². The molecule has 0 spiro atoms. The van der Waals surface area contributed by atoms with Crippen LogP contribution in [0.3, 0.4) is 0 Å². The lowest BCUT2D eigenvalue weighted by Crippen LogP contribution is -2.49. The number of aryl methyl sites for hydroxylation is 2. The highest BCUT2D eigenvalue weighted by Crippen LogP contribution is 2.29. The highest BCUT2D eigenvalue weighted by molar-refractivity contribution is 6.33. The van der Waals surface area contributed by atoms with Crippen molar-refractivity contribution in [2.24, 2.45) is 5.92 Å². The predicted octanol–water partition coefficient (Wildman–Crippen LogP) is 5.64. The minimum atomic E-state index is -0.0240. The van der Waals surface area contributed by atoms with Gasteiger partial charge in [0.2, 0.25) is 0 Å². The number of methoxy groups -OCH3 is 1. The number of rotatable bonds is 8. The van der Waals surface area contributed by atoms with Crippen molar-refractivity contribution in [1.29, 1.82) is 0 Å². The molecule has 0 bridgehead atoms. The summed E-state index contributed by atoms with van der Waals surface area (Å²) in [6.45, 7) is 11.7. The van der Waals surface area contributed by atoms with E-state index in [1.807, 2.05) is 17.0 Å². The van der Waals surface area contributed by atoms with Crippen LogP contribution in [-0.4, -0.2) is 54.1 Å². The molecule has 1 saturated heterocycles. The molecular weight excluding hydrogens is 484 g/mol. The lowest BCUT2D eigenvalue weighted by atomic mass is 9.97. The first kappa shape index (κ1) is 27.1. The Hall–Kier alpha value is -2.96. The summed E-state index contributed by atoms with van der Waals surface area (Å²) in [6.07, 6.45) is 1.54. The zero-order valence-corrected chi connectivity index (χ0v) is 23.3. The fourth-order valence-electron chi connectivity index (χ4n) is 4.83. The van der Waals surface area contributed by atoms with E-state index >= 15 is 0 Å². The SMILES string of the molecule is COCc1nc(CC(C)C)nc(N2CCN(C(=O)c3ccccc3Cl)CC2)c1Cc1cc(C)ccc1C. The Morgan fingerprint density at radius 1 is 1.05 bits per heavy atom. The minimum absolute atomic E-state index is 0.0240. The van der Waals surface area contributed by atoms with E-state index < -0.39 is 0 Å². The van der Waals surface area contributed by atoms with Crippen LogP contribution >= 0.6 is 11.6 Å². The summed E-state index contributed by atoms with van der Waals surface area (Å²) in [5.74, 6) is 2.22. The Kier molecular flexibility index (Phi) is 8.83. The van der Waals surface area contributed by atoms with Crippen LogP contribution < -0.4 is 4.90 Å². The van der Waals surface area contributed by atoms with Crippen molar-refractivity contribution in [3.8, 4) is 0 Å². The highest BCUT2D eigenvalue weighted by atomic mass is 35.5. The molecule has 6 nitrogen and oxygen atoms in total. The highest BCUT2D eigenvalue weighted by Gasteiger charge is 2.27. The Balaban J connectivity index is 1.66. The van der Waals surface area contributed by atoms with Gasteiger partial charge in [-0.1, -0.05) is 61.3 Å². The number of benzene rings is 2. The number of anilines is 1. The van der Waals surface area contributed by atoms with E-state index in [0.29, 0.717) is 49.3 Å². The third-order valence-electron chi connectivity index (χ3n) is 6.83. The number of nitrogens with zero attached hydrogens (tertiary/aromatic N) is 4. The second kappa shape index (κ2) is 12.1. The van der Waals surface area contributed by atoms with Crippen molar-refractivity contribution in [2.75, 3.05) is 38.2 Å². The van der Waals surface area contributed by atoms with Gasteiger partial charge in [-0.05, 0) is 43.0 Å². The molecule has 1 amide bonds. The summed E-state index contributed by atoms with van der Waals surface area (Å²) < 4.78 is 5.60. The van der Waals surface area contributed by atoms with Crippen LogP contribution in [0.25, 0.3) is 0 Å². The third-order valence-corrected chi connectivity index (χ3v) is 7.16. The van der Waals surface area contributed by atoms with Gasteiger partial charge in [-0.25, -0.2) is 9.97 Å². The number of carbonyl (C=O) groups excluding carboxylic acids is 1. The van der Waals surface area contributed by atoms with Crippen molar-refractivity contribution in [1.82, 2.24) is 14.9 Å². The molecule has 0 atom stereocenters. The molecule has 1 aliphatic heterocycles. The third kappa shape index (κ3) is 6.49. The van der Waals surface area contributed by atoms with Gasteiger partial charge in [0.15, 0.2) is 0 Å². The topological polar surface area (TPSA) is 58.6 Å². The van der Waals surface area contributed by atoms with Crippen LogP contribution in [0.2, 0.25) is 5.02 Å². The van der Waals surface area contributed by atoms with Crippen molar-refractivity contribution < 1.29 is 9.53 Å². The van der Waals surface area contributed by atoms with Crippen LogP contribution in [0.5, 0.6) is 0 Å². The van der Waals surface area contributed by atoms with Gasteiger partial charge < -0.3 is 14.5 Å². The van der Waals surface area contributed by atoms with E-state index in [9.17, 15) is 4.79 Å². The monoisotopic (exact) mass is 520 g/mol. The predicted molar refractivity (Wildman–Crippen MR) is 150 cm³/mol. The van der Waals surface area contributed by atoms with Gasteiger partial charge in [0.1, 0.15) is 11.6 Å². The molecule has 2 heterocycles. The Morgan fingerprint density at radius 2 is 1.78 bits per heavy atom. The lowest BCUT2D eigenvalue weighted by molar-refractivity contribution is 0.0746. The molecule has 2 aromatic carbocycles. The molecule has 3 aromatic rings. The molecule has 1 aromatic heterocycles. The van der Waals surface area contributed by atoms with Gasteiger partial charge >= 0.3 is 0 Å². The standard InChI is InChI=1S/C30H37ClN4O2/c1-20(2)16-28-32-27(19-37-5)25(18-23-17-21(3)10-11-22(23)4)29(33-28)34-12-14-35(15-13-34)30(36)24-8-6-7-9-26(24)31/h6-11,17,20H,12-16,18-19H2,1-5H3. The van der Waals surface area contributed by atoms with Crippen molar-refractivity contribution >= 4 is 23.3 Å². The van der Waals surface area contributed by atoms with Gasteiger partial charge in [-0.3, -0.25) is 4.79 Å². The quantitative estimate of drug-likeness (QED) is 0.384. The van der Waals surface area contributed by atoms with Crippen LogP contribution in [-0.2, 0) is 24.2 Å². The van der Waals surface area contributed by atoms with E-state index in [-0.39, 0.29) is 5.91 Å². The van der Waals surface area contributed by atoms with Gasteiger partial charge in [0.25, 0.3) is 5.91 Å². The first-order valence-corrected chi connectivity index (χ1v) is 13.4. The zero-order valence-electron chi connectivity index (χ0n) is 22.6. The molecule has 37 heavy (non-hydrogen) atoms. The summed E-state index contributed by atoms with van der Waals surface area (Å²) in [5.41, 5.74) is 6.36. The van der Waals surface area contributed by atoms with Crippen molar-refractivity contribution in [3.05, 3.63) is 86.8 Å². The molecule has 196 valence electrons. The molecule has 0 N–H and O–H groups in total. The molecule has 4 rings (SSSR count). The van der Waals surface area contributed by atoms with E-state index in [1.54, 1.807) is 19.2 Å². The number of piperazine rings is 1.